The highest BCUT2D eigenvalue weighted by atomic mass is 31.2. The van der Waals surface area contributed by atoms with Gasteiger partial charge in [-0.2, -0.15) is 0 Å². The van der Waals surface area contributed by atoms with Crippen LogP contribution in [0.1, 0.15) is 342 Å². The SMILES string of the molecule is CCCCC/C=C\C/C=C\CCCCCCCCCCCC(=O)OC(COC(=O)CCCCCCC/C=C\CCCCCCCC)COP(=O)(O)OCC(CO)OC(=O)CCCCCCCCCCCCCCCCCCCCC. The molecule has 0 aliphatic carbocycles. The normalized spacial score (nSPS) is 13.4. The van der Waals surface area contributed by atoms with Gasteiger partial charge < -0.3 is 24.2 Å². The lowest BCUT2D eigenvalue weighted by Crippen LogP contribution is -2.30. The number of allylic oxidation sites excluding steroid dienone is 6. The molecule has 0 saturated carbocycles. The van der Waals surface area contributed by atoms with Gasteiger partial charge in [-0.05, 0) is 77.0 Å². The molecule has 0 saturated heterocycles. The summed E-state index contributed by atoms with van der Waals surface area (Å²) in [6.45, 7) is 4.69. The summed E-state index contributed by atoms with van der Waals surface area (Å²) in [5.74, 6) is -1.45. The fourth-order valence-corrected chi connectivity index (χ4v) is 10.6. The van der Waals surface area contributed by atoms with Crippen LogP contribution in [0.2, 0.25) is 0 Å². The highest BCUT2D eigenvalue weighted by Gasteiger charge is 2.28. The molecule has 11 nitrogen and oxygen atoms in total. The minimum Gasteiger partial charge on any atom is -0.462 e. The third kappa shape index (κ3) is 60.3. The van der Waals surface area contributed by atoms with Crippen LogP contribution in [-0.2, 0) is 42.2 Å². The molecule has 12 heteroatoms. The lowest BCUT2D eigenvalue weighted by molar-refractivity contribution is -0.161. The molecule has 0 fully saturated rings. The standard InChI is InChI=1S/C68H127O11P/c1-4-7-10-13-16-19-22-25-28-30-32-34-37-40-43-46-49-52-55-58-67(71)78-64(60-69)62-76-80(73,74)77-63-65(61-75-66(70)57-54-51-48-45-42-39-36-27-24-21-18-15-12-9-6-3)79-68(72)59-56-53-50-47-44-41-38-35-33-31-29-26-23-20-17-14-11-8-5-2/h17,20,26-27,29,36,64-65,69H,4-16,18-19,21-25,28,30-35,37-63H2,1-3H3,(H,73,74)/b20-17-,29-26-,36-27-. The summed E-state index contributed by atoms with van der Waals surface area (Å²) in [5.41, 5.74) is 0. The highest BCUT2D eigenvalue weighted by Crippen LogP contribution is 2.43. The molecule has 0 aromatic heterocycles. The van der Waals surface area contributed by atoms with E-state index in [1.165, 1.54) is 193 Å². The van der Waals surface area contributed by atoms with Crippen LogP contribution in [0.4, 0.5) is 0 Å². The van der Waals surface area contributed by atoms with Crippen LogP contribution >= 0.6 is 7.82 Å². The topological polar surface area (TPSA) is 155 Å². The predicted molar refractivity (Wildman–Crippen MR) is 335 cm³/mol. The zero-order valence-electron chi connectivity index (χ0n) is 52.3. The molecule has 2 N–H and O–H groups in total. The number of rotatable bonds is 64. The Labute approximate surface area is 492 Å². The van der Waals surface area contributed by atoms with Gasteiger partial charge in [-0.1, -0.05) is 282 Å². The summed E-state index contributed by atoms with van der Waals surface area (Å²) in [6.07, 6.45) is 68.0. The molecule has 0 spiro atoms. The summed E-state index contributed by atoms with van der Waals surface area (Å²) in [5, 5.41) is 9.87. The van der Waals surface area contributed by atoms with E-state index < -0.39 is 57.8 Å². The van der Waals surface area contributed by atoms with Crippen molar-refractivity contribution in [2.45, 2.75) is 354 Å². The minimum atomic E-state index is -4.75. The number of carbonyl (C=O) groups is 3. The van der Waals surface area contributed by atoms with Crippen molar-refractivity contribution in [3.05, 3.63) is 36.5 Å². The second kappa shape index (κ2) is 62.7. The van der Waals surface area contributed by atoms with E-state index in [-0.39, 0.29) is 25.9 Å². The molecule has 0 aliphatic rings. The molecular weight excluding hydrogens is 1020 g/mol. The number of hydrogen-bond donors (Lipinski definition) is 2. The molecule has 0 aromatic rings. The first-order valence-electron chi connectivity index (χ1n) is 33.9. The summed E-state index contributed by atoms with van der Waals surface area (Å²) >= 11 is 0. The van der Waals surface area contributed by atoms with Crippen LogP contribution in [0.15, 0.2) is 36.5 Å². The number of aliphatic hydroxyl groups is 1. The van der Waals surface area contributed by atoms with Crippen molar-refractivity contribution in [3.8, 4) is 0 Å². The quantitative estimate of drug-likeness (QED) is 0.0197. The van der Waals surface area contributed by atoms with Crippen LogP contribution in [0.25, 0.3) is 0 Å². The molecule has 3 unspecified atom stereocenters. The minimum absolute atomic E-state index is 0.165. The fourth-order valence-electron chi connectivity index (χ4n) is 9.86. The molecule has 80 heavy (non-hydrogen) atoms. The second-order valence-corrected chi connectivity index (χ2v) is 24.4. The highest BCUT2D eigenvalue weighted by molar-refractivity contribution is 7.47. The van der Waals surface area contributed by atoms with Gasteiger partial charge in [0.2, 0.25) is 0 Å². The van der Waals surface area contributed by atoms with E-state index in [1.54, 1.807) is 0 Å². The van der Waals surface area contributed by atoms with Crippen LogP contribution < -0.4 is 0 Å². The van der Waals surface area contributed by atoms with E-state index in [2.05, 4.69) is 57.2 Å². The fraction of sp³-hybridized carbons (Fsp3) is 0.868. The van der Waals surface area contributed by atoms with E-state index in [4.69, 9.17) is 23.3 Å². The second-order valence-electron chi connectivity index (χ2n) is 23.0. The smallest absolute Gasteiger partial charge is 0.462 e. The van der Waals surface area contributed by atoms with Crippen molar-refractivity contribution >= 4 is 25.7 Å². The first kappa shape index (κ1) is 77.7. The lowest BCUT2D eigenvalue weighted by atomic mass is 10.0. The molecule has 0 rings (SSSR count). The number of phosphoric acid groups is 1. The van der Waals surface area contributed by atoms with Gasteiger partial charge in [0.1, 0.15) is 12.7 Å². The number of ether oxygens (including phenoxy) is 3. The van der Waals surface area contributed by atoms with Crippen molar-refractivity contribution in [1.82, 2.24) is 0 Å². The molecule has 0 heterocycles. The first-order chi connectivity index (χ1) is 39.2. The molecule has 0 amide bonds. The molecule has 3 atom stereocenters. The average Bonchev–Trinajstić information content (AvgIpc) is 3.45. The van der Waals surface area contributed by atoms with Crippen LogP contribution in [0.3, 0.4) is 0 Å². The Morgan fingerprint density at radius 1 is 0.350 bits per heavy atom. The van der Waals surface area contributed by atoms with E-state index in [0.29, 0.717) is 19.3 Å². The van der Waals surface area contributed by atoms with Crippen LogP contribution in [0.5, 0.6) is 0 Å². The van der Waals surface area contributed by atoms with Gasteiger partial charge >= 0.3 is 25.7 Å². The molecule has 0 radical (unpaired) electrons. The number of aliphatic hydroxyl groups excluding tert-OH is 1. The van der Waals surface area contributed by atoms with Crippen molar-refractivity contribution in [3.63, 3.8) is 0 Å². The Morgan fingerprint density at radius 3 is 0.963 bits per heavy atom. The molecule has 0 aromatic carbocycles. The summed E-state index contributed by atoms with van der Waals surface area (Å²) in [4.78, 5) is 48.8. The van der Waals surface area contributed by atoms with E-state index in [0.717, 1.165) is 89.9 Å². The zero-order valence-corrected chi connectivity index (χ0v) is 53.2. The van der Waals surface area contributed by atoms with Crippen molar-refractivity contribution in [1.29, 1.82) is 0 Å². The van der Waals surface area contributed by atoms with Crippen LogP contribution in [-0.4, -0.2) is 66.5 Å². The molecular formula is C68H127O11P. The van der Waals surface area contributed by atoms with Crippen molar-refractivity contribution in [2.24, 2.45) is 0 Å². The maximum atomic E-state index is 13.0. The zero-order chi connectivity index (χ0) is 58.3. The Morgan fingerprint density at radius 2 is 0.613 bits per heavy atom. The largest absolute Gasteiger partial charge is 0.472 e. The third-order valence-corrected chi connectivity index (χ3v) is 16.0. The average molecular weight is 1150 g/mol. The molecule has 0 bridgehead atoms. The van der Waals surface area contributed by atoms with Crippen molar-refractivity contribution in [2.75, 3.05) is 26.4 Å². The summed E-state index contributed by atoms with van der Waals surface area (Å²) < 4.78 is 39.8. The Kier molecular flexibility index (Phi) is 60.9. The maximum Gasteiger partial charge on any atom is 0.472 e. The van der Waals surface area contributed by atoms with Gasteiger partial charge in [-0.25, -0.2) is 4.57 Å². The Balaban J connectivity index is 4.63. The number of esters is 3. The molecule has 470 valence electrons. The van der Waals surface area contributed by atoms with Gasteiger partial charge in [0, 0.05) is 19.3 Å². The van der Waals surface area contributed by atoms with Gasteiger partial charge in [0.25, 0.3) is 0 Å². The van der Waals surface area contributed by atoms with Gasteiger partial charge in [-0.15, -0.1) is 0 Å². The summed E-state index contributed by atoms with van der Waals surface area (Å²) in [7, 11) is -4.75. The first-order valence-corrected chi connectivity index (χ1v) is 35.4. The molecule has 0 aliphatic heterocycles. The van der Waals surface area contributed by atoms with Gasteiger partial charge in [0.05, 0.1) is 19.8 Å². The van der Waals surface area contributed by atoms with E-state index in [9.17, 15) is 28.9 Å². The van der Waals surface area contributed by atoms with Gasteiger partial charge in [0.15, 0.2) is 6.10 Å². The monoisotopic (exact) mass is 1150 g/mol. The Hall–Kier alpha value is -2.30. The lowest BCUT2D eigenvalue weighted by Gasteiger charge is -2.21. The van der Waals surface area contributed by atoms with Crippen LogP contribution in [0, 0.1) is 0 Å². The summed E-state index contributed by atoms with van der Waals surface area (Å²) in [6, 6.07) is 0. The predicted octanol–water partition coefficient (Wildman–Crippen LogP) is 20.7. The Bertz CT molecular complexity index is 1480. The number of hydrogen-bond acceptors (Lipinski definition) is 10. The number of unbranched alkanes of at least 4 members (excludes halogenated alkanes) is 41. The van der Waals surface area contributed by atoms with E-state index >= 15 is 0 Å². The van der Waals surface area contributed by atoms with Crippen molar-refractivity contribution < 1.29 is 52.2 Å². The van der Waals surface area contributed by atoms with Gasteiger partial charge in [-0.3, -0.25) is 23.4 Å². The maximum absolute atomic E-state index is 13.0. The number of carbonyl (C=O) groups excluding carboxylic acids is 3. The third-order valence-electron chi connectivity index (χ3n) is 15.0. The van der Waals surface area contributed by atoms with E-state index in [1.807, 2.05) is 0 Å². The number of phosphoric ester groups is 1.